The smallest absolute Gasteiger partial charge is 0.240 e. The van der Waals surface area contributed by atoms with E-state index in [-0.39, 0.29) is 11.7 Å². The molecule has 0 fully saturated rings. The van der Waals surface area contributed by atoms with Gasteiger partial charge in [0.2, 0.25) is 5.91 Å². The number of benzene rings is 1. The van der Waals surface area contributed by atoms with Crippen LogP contribution in [-0.2, 0) is 4.79 Å². The van der Waals surface area contributed by atoms with Gasteiger partial charge < -0.3 is 10.4 Å². The molecule has 15 heavy (non-hydrogen) atoms. The highest BCUT2D eigenvalue weighted by Gasteiger charge is 2.24. The Labute approximate surface area is 105 Å². The van der Waals surface area contributed by atoms with Crippen LogP contribution in [-0.4, -0.2) is 15.3 Å². The Bertz CT molecular complexity index is 385. The molecule has 5 heteroatoms. The molecule has 1 rings (SSSR count). The number of hydrogen-bond acceptors (Lipinski definition) is 2. The fourth-order valence-electron chi connectivity index (χ4n) is 0.881. The largest absolute Gasteiger partial charge is 0.506 e. The van der Waals surface area contributed by atoms with Gasteiger partial charge in [0, 0.05) is 4.47 Å². The van der Waals surface area contributed by atoms with Crippen molar-refractivity contribution >= 4 is 43.5 Å². The van der Waals surface area contributed by atoms with Gasteiger partial charge in [0.25, 0.3) is 0 Å². The van der Waals surface area contributed by atoms with Crippen LogP contribution in [0.1, 0.15) is 13.8 Å². The third kappa shape index (κ3) is 3.50. The average molecular weight is 337 g/mol. The molecular weight excluding hydrogens is 326 g/mol. The van der Waals surface area contributed by atoms with Crippen LogP contribution in [0.15, 0.2) is 22.7 Å². The molecule has 0 spiro atoms. The molecule has 1 aromatic rings. The predicted molar refractivity (Wildman–Crippen MR) is 67.4 cm³/mol. The fraction of sp³-hybridized carbons (Fsp3) is 0.300. The topological polar surface area (TPSA) is 49.3 Å². The van der Waals surface area contributed by atoms with Crippen molar-refractivity contribution in [2.45, 2.75) is 18.2 Å². The lowest BCUT2D eigenvalue weighted by Gasteiger charge is -2.16. The lowest BCUT2D eigenvalue weighted by molar-refractivity contribution is -0.117. The van der Waals surface area contributed by atoms with Crippen molar-refractivity contribution in [2.75, 3.05) is 5.32 Å². The lowest BCUT2D eigenvalue weighted by Crippen LogP contribution is -2.30. The number of halogens is 2. The van der Waals surface area contributed by atoms with Gasteiger partial charge in [-0.25, -0.2) is 0 Å². The molecule has 0 unspecified atom stereocenters. The van der Waals surface area contributed by atoms with Crippen LogP contribution in [0.4, 0.5) is 5.69 Å². The van der Waals surface area contributed by atoms with E-state index in [4.69, 9.17) is 0 Å². The number of anilines is 1. The maximum Gasteiger partial charge on any atom is 0.240 e. The number of nitrogens with one attached hydrogen (secondary N) is 1. The summed E-state index contributed by atoms with van der Waals surface area (Å²) in [5, 5.41) is 12.2. The third-order valence-corrected chi connectivity index (χ3v) is 2.60. The Morgan fingerprint density at radius 2 is 2.07 bits per heavy atom. The molecule has 1 amide bonds. The van der Waals surface area contributed by atoms with Gasteiger partial charge in [-0.15, -0.1) is 0 Å². The highest BCUT2D eigenvalue weighted by molar-refractivity contribution is 9.10. The summed E-state index contributed by atoms with van der Waals surface area (Å²) in [5.74, 6) is -0.172. The van der Waals surface area contributed by atoms with Crippen molar-refractivity contribution in [2.24, 2.45) is 0 Å². The van der Waals surface area contributed by atoms with Gasteiger partial charge in [-0.1, -0.05) is 31.9 Å². The number of carbonyl (C=O) groups excluding carboxylic acids is 1. The molecule has 0 aliphatic rings. The van der Waals surface area contributed by atoms with E-state index in [0.29, 0.717) is 5.69 Å². The minimum atomic E-state index is -0.660. The van der Waals surface area contributed by atoms with Gasteiger partial charge >= 0.3 is 0 Å². The number of aromatic hydroxyl groups is 1. The van der Waals surface area contributed by atoms with Gasteiger partial charge in [0.15, 0.2) is 0 Å². The molecule has 0 saturated carbocycles. The average Bonchev–Trinajstić information content (AvgIpc) is 2.08. The summed E-state index contributed by atoms with van der Waals surface area (Å²) in [6.45, 7) is 3.47. The first-order chi connectivity index (χ1) is 6.80. The van der Waals surface area contributed by atoms with Gasteiger partial charge in [-0.05, 0) is 32.0 Å². The van der Waals surface area contributed by atoms with Crippen molar-refractivity contribution in [1.29, 1.82) is 0 Å². The zero-order valence-corrected chi connectivity index (χ0v) is 11.5. The number of phenolic OH excluding ortho intramolecular Hbond substituents is 1. The van der Waals surface area contributed by atoms with E-state index in [1.807, 2.05) is 0 Å². The van der Waals surface area contributed by atoms with Gasteiger partial charge in [0.1, 0.15) is 5.75 Å². The molecular formula is C10H11Br2NO2. The Hall–Kier alpha value is -0.550. The highest BCUT2D eigenvalue weighted by Crippen LogP contribution is 2.28. The molecule has 0 aliphatic carbocycles. The second-order valence-electron chi connectivity index (χ2n) is 3.59. The Kier molecular flexibility index (Phi) is 3.78. The SMILES string of the molecule is CC(C)(Br)C(=O)Nc1ccc(Br)cc1O. The first kappa shape index (κ1) is 12.5. The maximum absolute atomic E-state index is 11.6. The number of rotatable bonds is 2. The summed E-state index contributed by atoms with van der Waals surface area (Å²) in [5.41, 5.74) is 0.399. The Morgan fingerprint density at radius 3 is 2.53 bits per heavy atom. The van der Waals surface area contributed by atoms with E-state index >= 15 is 0 Å². The van der Waals surface area contributed by atoms with E-state index in [0.717, 1.165) is 4.47 Å². The van der Waals surface area contributed by atoms with E-state index in [9.17, 15) is 9.90 Å². The normalized spacial score (nSPS) is 11.2. The number of phenols is 1. The van der Waals surface area contributed by atoms with Crippen LogP contribution in [0.3, 0.4) is 0 Å². The first-order valence-electron chi connectivity index (χ1n) is 4.29. The van der Waals surface area contributed by atoms with Crippen LogP contribution in [0.5, 0.6) is 5.75 Å². The summed E-state index contributed by atoms with van der Waals surface area (Å²) in [7, 11) is 0. The fourth-order valence-corrected chi connectivity index (χ4v) is 1.33. The number of hydrogen-bond donors (Lipinski definition) is 2. The van der Waals surface area contributed by atoms with Crippen LogP contribution in [0.25, 0.3) is 0 Å². The van der Waals surface area contributed by atoms with Crippen LogP contribution < -0.4 is 5.32 Å². The highest BCUT2D eigenvalue weighted by atomic mass is 79.9. The van der Waals surface area contributed by atoms with Crippen LogP contribution >= 0.6 is 31.9 Å². The van der Waals surface area contributed by atoms with Gasteiger partial charge in [-0.2, -0.15) is 0 Å². The van der Waals surface area contributed by atoms with Crippen molar-refractivity contribution in [3.05, 3.63) is 22.7 Å². The minimum Gasteiger partial charge on any atom is -0.506 e. The maximum atomic E-state index is 11.6. The molecule has 1 aromatic carbocycles. The summed E-state index contributed by atoms with van der Waals surface area (Å²) in [6.07, 6.45) is 0. The number of alkyl halides is 1. The predicted octanol–water partition coefficient (Wildman–Crippen LogP) is 3.27. The van der Waals surface area contributed by atoms with E-state index < -0.39 is 4.32 Å². The number of carbonyl (C=O) groups is 1. The second kappa shape index (κ2) is 4.53. The second-order valence-corrected chi connectivity index (χ2v) is 6.49. The van der Waals surface area contributed by atoms with E-state index in [1.165, 1.54) is 6.07 Å². The van der Waals surface area contributed by atoms with Gasteiger partial charge in [0.05, 0.1) is 10.0 Å². The van der Waals surface area contributed by atoms with Crippen molar-refractivity contribution in [1.82, 2.24) is 0 Å². The summed E-state index contributed by atoms with van der Waals surface area (Å²) >= 11 is 6.46. The molecule has 0 atom stereocenters. The molecule has 2 N–H and O–H groups in total. The summed E-state index contributed by atoms with van der Waals surface area (Å²) in [4.78, 5) is 11.6. The molecule has 3 nitrogen and oxygen atoms in total. The minimum absolute atomic E-state index is 0.0366. The van der Waals surface area contributed by atoms with Crippen molar-refractivity contribution in [3.63, 3.8) is 0 Å². The lowest BCUT2D eigenvalue weighted by atomic mass is 10.2. The van der Waals surface area contributed by atoms with Gasteiger partial charge in [-0.3, -0.25) is 4.79 Å². The molecule has 0 aliphatic heterocycles. The standard InChI is InChI=1S/C10H11Br2NO2/c1-10(2,12)9(15)13-7-4-3-6(11)5-8(7)14/h3-5,14H,1-2H3,(H,13,15). The van der Waals surface area contributed by atoms with E-state index in [1.54, 1.807) is 26.0 Å². The first-order valence-corrected chi connectivity index (χ1v) is 5.88. The van der Waals surface area contributed by atoms with E-state index in [2.05, 4.69) is 37.2 Å². The van der Waals surface area contributed by atoms with Crippen LogP contribution in [0, 0.1) is 0 Å². The quantitative estimate of drug-likeness (QED) is 0.643. The van der Waals surface area contributed by atoms with Crippen molar-refractivity contribution in [3.8, 4) is 5.75 Å². The molecule has 82 valence electrons. The summed E-state index contributed by atoms with van der Waals surface area (Å²) in [6, 6.07) is 4.91. The summed E-state index contributed by atoms with van der Waals surface area (Å²) < 4.78 is 0.100. The van der Waals surface area contributed by atoms with Crippen LogP contribution in [0.2, 0.25) is 0 Å². The molecule has 0 aromatic heterocycles. The third-order valence-electron chi connectivity index (χ3n) is 1.75. The monoisotopic (exact) mass is 335 g/mol. The molecule has 0 heterocycles. The zero-order chi connectivity index (χ0) is 11.6. The Balaban J connectivity index is 2.87. The zero-order valence-electron chi connectivity index (χ0n) is 8.34. The molecule has 0 saturated heterocycles. The molecule has 0 radical (unpaired) electrons. The Morgan fingerprint density at radius 1 is 1.47 bits per heavy atom. The molecule has 0 bridgehead atoms. The number of amides is 1. The van der Waals surface area contributed by atoms with Crippen molar-refractivity contribution < 1.29 is 9.90 Å².